The lowest BCUT2D eigenvalue weighted by Crippen LogP contribution is -2.34. The molecule has 12 nitrogen and oxygen atoms in total. The Kier molecular flexibility index (Phi) is 6.66. The van der Waals surface area contributed by atoms with Crippen molar-refractivity contribution in [3.63, 3.8) is 0 Å². The van der Waals surface area contributed by atoms with Crippen molar-refractivity contribution in [2.45, 2.75) is 49.3 Å². The highest BCUT2D eigenvalue weighted by Crippen LogP contribution is 2.36. The molecule has 0 spiro atoms. The van der Waals surface area contributed by atoms with Crippen LogP contribution in [0, 0.1) is 0 Å². The predicted octanol–water partition coefficient (Wildman–Crippen LogP) is 0.345. The van der Waals surface area contributed by atoms with Gasteiger partial charge in [0.2, 0.25) is 16.0 Å². The molecule has 1 unspecified atom stereocenters. The molecule has 0 radical (unpaired) electrons. The number of benzene rings is 1. The Balaban J connectivity index is 1.72. The van der Waals surface area contributed by atoms with Crippen molar-refractivity contribution < 1.29 is 23.1 Å². The van der Waals surface area contributed by atoms with Crippen LogP contribution >= 0.6 is 0 Å². The van der Waals surface area contributed by atoms with Gasteiger partial charge in [0.1, 0.15) is 0 Å². The van der Waals surface area contributed by atoms with Crippen LogP contribution in [-0.2, 0) is 33.1 Å². The van der Waals surface area contributed by atoms with E-state index in [-0.39, 0.29) is 35.7 Å². The molecule has 0 amide bonds. The molecule has 1 atom stereocenters. The lowest BCUT2D eigenvalue weighted by atomic mass is 10.2. The molecule has 4 rings (SSSR count). The molecule has 1 saturated carbocycles. The number of carbonyl (C=O) groups excluding carboxylic acids is 1. The maximum atomic E-state index is 13.5. The number of aryl methyl sites for hydroxylation is 1. The zero-order chi connectivity index (χ0) is 25.4. The number of esters is 1. The van der Waals surface area contributed by atoms with Crippen molar-refractivity contribution in [1.29, 1.82) is 0 Å². The van der Waals surface area contributed by atoms with E-state index in [1.54, 1.807) is 24.1 Å². The zero-order valence-corrected chi connectivity index (χ0v) is 20.5. The van der Waals surface area contributed by atoms with Crippen LogP contribution in [-0.4, -0.2) is 64.1 Å². The van der Waals surface area contributed by atoms with Gasteiger partial charge in [-0.3, -0.25) is 18.8 Å². The second-order valence-electron chi connectivity index (χ2n) is 9.01. The third kappa shape index (κ3) is 5.69. The van der Waals surface area contributed by atoms with Crippen molar-refractivity contribution >= 4 is 32.8 Å². The number of nitrogens with zero attached hydrogens (tertiary/aromatic N) is 4. The number of methoxy groups -OCH3 is 1. The maximum absolute atomic E-state index is 13.5. The third-order valence-corrected chi connectivity index (χ3v) is 7.48. The fourth-order valence-electron chi connectivity index (χ4n) is 3.61. The Bertz CT molecular complexity index is 1430. The number of carbonyl (C=O) groups is 1. The molecular weight excluding hydrogens is 476 g/mol. The molecule has 188 valence electrons. The number of aliphatic hydroxyl groups is 1. The lowest BCUT2D eigenvalue weighted by Gasteiger charge is -2.17. The van der Waals surface area contributed by atoms with Crippen molar-refractivity contribution in [2.75, 3.05) is 19.0 Å². The SMILES string of the molecule is COC(=O)CC(O)CNc1nc2ccc(S(=O)(=O)NC3(C)CC3)cc2c(=O)n1Cc1cnn(C)c1. The number of hydrogen-bond acceptors (Lipinski definition) is 9. The summed E-state index contributed by atoms with van der Waals surface area (Å²) in [5, 5.41) is 17.3. The van der Waals surface area contributed by atoms with Crippen LogP contribution in [0.3, 0.4) is 0 Å². The fraction of sp³-hybridized carbons (Fsp3) is 0.455. The van der Waals surface area contributed by atoms with E-state index in [9.17, 15) is 23.1 Å². The van der Waals surface area contributed by atoms with Gasteiger partial charge in [-0.05, 0) is 38.0 Å². The van der Waals surface area contributed by atoms with Gasteiger partial charge in [-0.2, -0.15) is 5.10 Å². The average Bonchev–Trinajstić information content (AvgIpc) is 3.37. The number of sulfonamides is 1. The van der Waals surface area contributed by atoms with E-state index in [1.807, 2.05) is 6.92 Å². The van der Waals surface area contributed by atoms with E-state index >= 15 is 0 Å². The quantitative estimate of drug-likeness (QED) is 0.331. The van der Waals surface area contributed by atoms with Gasteiger partial charge in [-0.1, -0.05) is 0 Å². The summed E-state index contributed by atoms with van der Waals surface area (Å²) >= 11 is 0. The summed E-state index contributed by atoms with van der Waals surface area (Å²) < 4.78 is 35.9. The molecule has 0 saturated heterocycles. The largest absolute Gasteiger partial charge is 0.469 e. The Morgan fingerprint density at radius 3 is 2.71 bits per heavy atom. The van der Waals surface area contributed by atoms with Gasteiger partial charge in [0.15, 0.2) is 0 Å². The third-order valence-electron chi connectivity index (χ3n) is 5.84. The summed E-state index contributed by atoms with van der Waals surface area (Å²) in [4.78, 5) is 29.4. The molecule has 1 aromatic carbocycles. The summed E-state index contributed by atoms with van der Waals surface area (Å²) in [5.41, 5.74) is 0.101. The van der Waals surface area contributed by atoms with Crippen LogP contribution in [0.2, 0.25) is 0 Å². The van der Waals surface area contributed by atoms with Gasteiger partial charge in [0.05, 0.1) is 48.2 Å². The zero-order valence-electron chi connectivity index (χ0n) is 19.7. The summed E-state index contributed by atoms with van der Waals surface area (Å²) in [6.45, 7) is 1.88. The molecule has 1 aliphatic rings. The number of anilines is 1. The molecule has 0 bridgehead atoms. The van der Waals surface area contributed by atoms with Crippen molar-refractivity contribution in [3.8, 4) is 0 Å². The van der Waals surface area contributed by atoms with Crippen LogP contribution in [0.1, 0.15) is 31.7 Å². The minimum Gasteiger partial charge on any atom is -0.469 e. The molecule has 35 heavy (non-hydrogen) atoms. The average molecular weight is 505 g/mol. The Labute approximate surface area is 202 Å². The monoisotopic (exact) mass is 504 g/mol. The number of ether oxygens (including phenoxy) is 1. The van der Waals surface area contributed by atoms with Gasteiger partial charge in [0, 0.05) is 30.9 Å². The van der Waals surface area contributed by atoms with Crippen molar-refractivity contribution in [2.24, 2.45) is 7.05 Å². The first-order valence-electron chi connectivity index (χ1n) is 11.0. The highest BCUT2D eigenvalue weighted by molar-refractivity contribution is 7.89. The lowest BCUT2D eigenvalue weighted by molar-refractivity contribution is -0.142. The number of rotatable bonds is 10. The molecule has 1 aliphatic carbocycles. The number of aliphatic hydroxyl groups excluding tert-OH is 1. The summed E-state index contributed by atoms with van der Waals surface area (Å²) in [6.07, 6.45) is 3.58. The van der Waals surface area contributed by atoms with Gasteiger partial charge < -0.3 is 15.2 Å². The van der Waals surface area contributed by atoms with Gasteiger partial charge >= 0.3 is 5.97 Å². The second kappa shape index (κ2) is 9.40. The van der Waals surface area contributed by atoms with Crippen LogP contribution in [0.4, 0.5) is 5.95 Å². The minimum absolute atomic E-state index is 0.0147. The molecule has 3 N–H and O–H groups in total. The van der Waals surface area contributed by atoms with E-state index in [1.165, 1.54) is 29.9 Å². The van der Waals surface area contributed by atoms with Crippen LogP contribution in [0.15, 0.2) is 40.3 Å². The second-order valence-corrected chi connectivity index (χ2v) is 10.7. The highest BCUT2D eigenvalue weighted by atomic mass is 32.2. The van der Waals surface area contributed by atoms with E-state index in [0.717, 1.165) is 18.4 Å². The first-order chi connectivity index (χ1) is 16.5. The standard InChI is InChI=1S/C22H28N6O6S/c1-22(6-7-22)26-35(32,33)16-4-5-18-17(9-16)20(31)28(13-14-10-24-27(2)12-14)21(25-18)23-11-15(29)8-19(30)34-3/h4-5,9-10,12,15,26,29H,6-8,11,13H2,1-3H3,(H,23,25). The number of nitrogens with one attached hydrogen (secondary N) is 2. The highest BCUT2D eigenvalue weighted by Gasteiger charge is 2.41. The topological polar surface area (TPSA) is 157 Å². The Morgan fingerprint density at radius 1 is 1.34 bits per heavy atom. The molecule has 2 aromatic heterocycles. The van der Waals surface area contributed by atoms with Gasteiger partial charge in [-0.25, -0.2) is 18.1 Å². The summed E-state index contributed by atoms with van der Waals surface area (Å²) in [5.74, 6) is -0.407. The van der Waals surface area contributed by atoms with E-state index < -0.39 is 33.2 Å². The number of hydrogen-bond donors (Lipinski definition) is 3. The molecule has 0 aliphatic heterocycles. The van der Waals surface area contributed by atoms with E-state index in [4.69, 9.17) is 0 Å². The molecule has 3 aromatic rings. The first-order valence-corrected chi connectivity index (χ1v) is 12.5. The van der Waals surface area contributed by atoms with Crippen LogP contribution in [0.5, 0.6) is 0 Å². The Hall–Kier alpha value is -3.29. The van der Waals surface area contributed by atoms with Gasteiger partial charge in [-0.15, -0.1) is 0 Å². The summed E-state index contributed by atoms with van der Waals surface area (Å²) in [7, 11) is -0.832. The van der Waals surface area contributed by atoms with E-state index in [0.29, 0.717) is 5.52 Å². The van der Waals surface area contributed by atoms with E-state index in [2.05, 4.69) is 24.9 Å². The normalized spacial score (nSPS) is 15.7. The molecule has 1 fully saturated rings. The van der Waals surface area contributed by atoms with Crippen LogP contribution in [0.25, 0.3) is 10.9 Å². The first kappa shape index (κ1) is 24.8. The molecular formula is C22H28N6O6S. The van der Waals surface area contributed by atoms with Crippen LogP contribution < -0.4 is 15.6 Å². The molecule has 2 heterocycles. The molecule has 13 heteroatoms. The minimum atomic E-state index is -3.81. The van der Waals surface area contributed by atoms with Gasteiger partial charge in [0.25, 0.3) is 5.56 Å². The maximum Gasteiger partial charge on any atom is 0.308 e. The van der Waals surface area contributed by atoms with Crippen molar-refractivity contribution in [3.05, 3.63) is 46.5 Å². The smallest absolute Gasteiger partial charge is 0.308 e. The van der Waals surface area contributed by atoms with Crippen molar-refractivity contribution in [1.82, 2.24) is 24.1 Å². The number of fused-ring (bicyclic) bond motifs is 1. The Morgan fingerprint density at radius 2 is 2.09 bits per heavy atom. The summed E-state index contributed by atoms with van der Waals surface area (Å²) in [6, 6.07) is 4.21. The predicted molar refractivity (Wildman–Crippen MR) is 127 cm³/mol. The number of aromatic nitrogens is 4. The fourth-order valence-corrected chi connectivity index (χ4v) is 5.11.